The van der Waals surface area contributed by atoms with Gasteiger partial charge >= 0.3 is 11.9 Å². The van der Waals surface area contributed by atoms with E-state index in [0.717, 1.165) is 0 Å². The van der Waals surface area contributed by atoms with Crippen molar-refractivity contribution in [1.82, 2.24) is 4.98 Å². The fraction of sp³-hybridized carbons (Fsp3) is 0.100. The highest BCUT2D eigenvalue weighted by molar-refractivity contribution is 5.86. The molecule has 78 valence electrons. The van der Waals surface area contributed by atoms with Crippen molar-refractivity contribution in [2.75, 3.05) is 0 Å². The summed E-state index contributed by atoms with van der Waals surface area (Å²) in [6.07, 6.45) is 4.26. The number of nitrogens with zero attached hydrogens (tertiary/aromatic N) is 1. The van der Waals surface area contributed by atoms with Crippen LogP contribution in [0.3, 0.4) is 0 Å². The maximum atomic E-state index is 10.6. The molecule has 0 radical (unpaired) electrons. The van der Waals surface area contributed by atoms with Crippen LogP contribution in [0.2, 0.25) is 0 Å². The first-order chi connectivity index (χ1) is 7.09. The van der Waals surface area contributed by atoms with Gasteiger partial charge in [-0.05, 0) is 17.7 Å². The van der Waals surface area contributed by atoms with E-state index < -0.39 is 11.9 Å². The molecule has 2 N–H and O–H groups in total. The van der Waals surface area contributed by atoms with Gasteiger partial charge in [0.1, 0.15) is 5.69 Å². The normalized spacial score (nSPS) is 10.4. The average molecular weight is 207 g/mol. The standard InChI is InChI=1S/C10H9NO4/c12-9(13)3-1-2-7-4-5-11-8(6-7)10(14)15/h1-2,4-6H,3H2,(H,12,13)(H,14,15). The zero-order valence-corrected chi connectivity index (χ0v) is 7.75. The molecule has 5 heteroatoms. The van der Waals surface area contributed by atoms with Gasteiger partial charge in [0.25, 0.3) is 0 Å². The molecular formula is C10H9NO4. The van der Waals surface area contributed by atoms with Crippen LogP contribution in [0.1, 0.15) is 22.5 Å². The van der Waals surface area contributed by atoms with E-state index in [1.165, 1.54) is 18.3 Å². The van der Waals surface area contributed by atoms with E-state index in [1.54, 1.807) is 12.1 Å². The lowest BCUT2D eigenvalue weighted by Crippen LogP contribution is -1.99. The molecule has 0 bridgehead atoms. The quantitative estimate of drug-likeness (QED) is 0.776. The zero-order valence-electron chi connectivity index (χ0n) is 7.75. The summed E-state index contributed by atoms with van der Waals surface area (Å²) in [6, 6.07) is 2.98. The van der Waals surface area contributed by atoms with Crippen molar-refractivity contribution in [2.24, 2.45) is 0 Å². The summed E-state index contributed by atoms with van der Waals surface area (Å²) in [6.45, 7) is 0. The van der Waals surface area contributed by atoms with E-state index in [-0.39, 0.29) is 12.1 Å². The number of rotatable bonds is 4. The Morgan fingerprint density at radius 3 is 2.73 bits per heavy atom. The van der Waals surface area contributed by atoms with Crippen LogP contribution in [-0.4, -0.2) is 27.1 Å². The van der Waals surface area contributed by atoms with E-state index in [9.17, 15) is 9.59 Å². The fourth-order valence-electron chi connectivity index (χ4n) is 0.963. The van der Waals surface area contributed by atoms with Crippen LogP contribution in [0.15, 0.2) is 24.4 Å². The summed E-state index contributed by atoms with van der Waals surface area (Å²) >= 11 is 0. The minimum atomic E-state index is -1.11. The second kappa shape index (κ2) is 4.90. The van der Waals surface area contributed by atoms with Gasteiger partial charge in [0.05, 0.1) is 6.42 Å². The van der Waals surface area contributed by atoms with Crippen LogP contribution in [0, 0.1) is 0 Å². The lowest BCUT2D eigenvalue weighted by atomic mass is 10.2. The first-order valence-electron chi connectivity index (χ1n) is 4.17. The van der Waals surface area contributed by atoms with E-state index in [0.29, 0.717) is 5.56 Å². The lowest BCUT2D eigenvalue weighted by Gasteiger charge is -1.95. The number of aromatic nitrogens is 1. The molecule has 1 aromatic rings. The molecular weight excluding hydrogens is 198 g/mol. The highest BCUT2D eigenvalue weighted by atomic mass is 16.4. The van der Waals surface area contributed by atoms with Crippen LogP contribution in [-0.2, 0) is 4.79 Å². The molecule has 0 unspecified atom stereocenters. The van der Waals surface area contributed by atoms with Crippen molar-refractivity contribution < 1.29 is 19.8 Å². The van der Waals surface area contributed by atoms with Gasteiger partial charge < -0.3 is 10.2 Å². The fourth-order valence-corrected chi connectivity index (χ4v) is 0.963. The van der Waals surface area contributed by atoms with Crippen molar-refractivity contribution in [1.29, 1.82) is 0 Å². The molecule has 0 amide bonds. The second-order valence-electron chi connectivity index (χ2n) is 2.78. The van der Waals surface area contributed by atoms with Crippen molar-refractivity contribution >= 4 is 18.0 Å². The largest absolute Gasteiger partial charge is 0.481 e. The number of carbonyl (C=O) groups is 2. The van der Waals surface area contributed by atoms with Crippen LogP contribution in [0.5, 0.6) is 0 Å². The molecule has 0 aliphatic carbocycles. The number of aliphatic carboxylic acids is 1. The van der Waals surface area contributed by atoms with Crippen molar-refractivity contribution in [3.8, 4) is 0 Å². The van der Waals surface area contributed by atoms with E-state index in [2.05, 4.69) is 4.98 Å². The monoisotopic (exact) mass is 207 g/mol. The topological polar surface area (TPSA) is 87.5 Å². The number of pyridine rings is 1. The van der Waals surface area contributed by atoms with E-state index >= 15 is 0 Å². The van der Waals surface area contributed by atoms with Gasteiger partial charge in [0, 0.05) is 6.20 Å². The summed E-state index contributed by atoms with van der Waals surface area (Å²) < 4.78 is 0. The van der Waals surface area contributed by atoms with Gasteiger partial charge in [0.2, 0.25) is 0 Å². The molecule has 1 rings (SSSR count). The zero-order chi connectivity index (χ0) is 11.3. The first-order valence-corrected chi connectivity index (χ1v) is 4.17. The molecule has 1 heterocycles. The number of hydrogen-bond donors (Lipinski definition) is 2. The summed E-state index contributed by atoms with van der Waals surface area (Å²) in [5, 5.41) is 17.0. The third-order valence-corrected chi connectivity index (χ3v) is 1.61. The molecule has 0 fully saturated rings. The van der Waals surface area contributed by atoms with Crippen LogP contribution in [0.4, 0.5) is 0 Å². The lowest BCUT2D eigenvalue weighted by molar-refractivity contribution is -0.135. The van der Waals surface area contributed by atoms with Gasteiger partial charge in [-0.25, -0.2) is 9.78 Å². The van der Waals surface area contributed by atoms with Crippen LogP contribution >= 0.6 is 0 Å². The van der Waals surface area contributed by atoms with E-state index in [4.69, 9.17) is 10.2 Å². The highest BCUT2D eigenvalue weighted by Gasteiger charge is 2.02. The molecule has 0 aliphatic heterocycles. The predicted molar refractivity (Wildman–Crippen MR) is 52.5 cm³/mol. The van der Waals surface area contributed by atoms with Crippen molar-refractivity contribution in [3.05, 3.63) is 35.7 Å². The molecule has 0 aliphatic rings. The molecule has 15 heavy (non-hydrogen) atoms. The third-order valence-electron chi connectivity index (χ3n) is 1.61. The molecule has 0 aromatic carbocycles. The van der Waals surface area contributed by atoms with Crippen molar-refractivity contribution in [3.63, 3.8) is 0 Å². The minimum Gasteiger partial charge on any atom is -0.481 e. The average Bonchev–Trinajstić information content (AvgIpc) is 2.17. The number of carboxylic acids is 2. The third kappa shape index (κ3) is 3.60. The Bertz CT molecular complexity index is 412. The summed E-state index contributed by atoms with van der Waals surface area (Å²) in [7, 11) is 0. The summed E-state index contributed by atoms with van der Waals surface area (Å²) in [5.41, 5.74) is 0.552. The predicted octanol–water partition coefficient (Wildman–Crippen LogP) is 1.27. The van der Waals surface area contributed by atoms with Gasteiger partial charge in [-0.2, -0.15) is 0 Å². The molecule has 0 saturated carbocycles. The number of aromatic carboxylic acids is 1. The Kier molecular flexibility index (Phi) is 3.56. The molecule has 0 spiro atoms. The Hall–Kier alpha value is -2.17. The number of hydrogen-bond acceptors (Lipinski definition) is 3. The molecule has 1 aromatic heterocycles. The Labute approximate surface area is 85.7 Å². The van der Waals surface area contributed by atoms with E-state index in [1.807, 2.05) is 0 Å². The molecule has 5 nitrogen and oxygen atoms in total. The van der Waals surface area contributed by atoms with Gasteiger partial charge in [-0.3, -0.25) is 4.79 Å². The van der Waals surface area contributed by atoms with Gasteiger partial charge in [0.15, 0.2) is 0 Å². The second-order valence-corrected chi connectivity index (χ2v) is 2.78. The SMILES string of the molecule is O=C(O)CC=Cc1ccnc(C(=O)O)c1. The van der Waals surface area contributed by atoms with Crippen LogP contribution in [0.25, 0.3) is 6.08 Å². The smallest absolute Gasteiger partial charge is 0.354 e. The Morgan fingerprint density at radius 2 is 2.13 bits per heavy atom. The molecule has 0 atom stereocenters. The highest BCUT2D eigenvalue weighted by Crippen LogP contribution is 2.04. The first kappa shape index (κ1) is 10.9. The van der Waals surface area contributed by atoms with Gasteiger partial charge in [-0.1, -0.05) is 12.2 Å². The minimum absolute atomic E-state index is 0.0625. The maximum absolute atomic E-state index is 10.6. The summed E-state index contributed by atoms with van der Waals surface area (Å²) in [5.74, 6) is -2.04. The van der Waals surface area contributed by atoms with Crippen molar-refractivity contribution in [2.45, 2.75) is 6.42 Å². The Morgan fingerprint density at radius 1 is 1.40 bits per heavy atom. The maximum Gasteiger partial charge on any atom is 0.354 e. The Balaban J connectivity index is 2.78. The number of carboxylic acid groups (broad SMARTS) is 2. The van der Waals surface area contributed by atoms with Crippen LogP contribution < -0.4 is 0 Å². The van der Waals surface area contributed by atoms with Gasteiger partial charge in [-0.15, -0.1) is 0 Å². The summed E-state index contributed by atoms with van der Waals surface area (Å²) in [4.78, 5) is 24.4. The molecule has 0 saturated heterocycles.